The van der Waals surface area contributed by atoms with E-state index in [0.717, 1.165) is 13.0 Å². The lowest BCUT2D eigenvalue weighted by molar-refractivity contribution is -0.149. The second kappa shape index (κ2) is 6.00. The minimum absolute atomic E-state index is 0.0237. The normalized spacial score (nSPS) is 25.4. The third kappa shape index (κ3) is 3.43. The highest BCUT2D eigenvalue weighted by Crippen LogP contribution is 2.13. The van der Waals surface area contributed by atoms with E-state index in [2.05, 4.69) is 10.2 Å². The van der Waals surface area contributed by atoms with Crippen LogP contribution in [0.4, 0.5) is 0 Å². The van der Waals surface area contributed by atoms with Crippen LogP contribution in [-0.2, 0) is 9.59 Å². The maximum atomic E-state index is 12.0. The Bertz CT molecular complexity index is 291. The van der Waals surface area contributed by atoms with Crippen molar-refractivity contribution in [2.24, 2.45) is 0 Å². The van der Waals surface area contributed by atoms with Crippen molar-refractivity contribution in [1.82, 2.24) is 15.1 Å². The lowest BCUT2D eigenvalue weighted by atomic mass is 10.1. The van der Waals surface area contributed by atoms with Crippen LogP contribution in [0.3, 0.4) is 0 Å². The smallest absolute Gasteiger partial charge is 0.245 e. The molecule has 1 saturated heterocycles. The maximum absolute atomic E-state index is 12.0. The zero-order valence-electron chi connectivity index (χ0n) is 11.2. The second-order valence-corrected chi connectivity index (χ2v) is 4.84. The lowest BCUT2D eigenvalue weighted by Crippen LogP contribution is -2.62. The molecule has 1 rings (SSSR count). The van der Waals surface area contributed by atoms with Gasteiger partial charge in [0.25, 0.3) is 0 Å². The molecule has 0 bridgehead atoms. The standard InChI is InChI=1S/C12H23N3O2/c1-5-10-11(16)13-9(2)12(17)15(10)8-6-7-14(3)4/h9-10H,5-8H2,1-4H3,(H,13,16). The maximum Gasteiger partial charge on any atom is 0.245 e. The number of rotatable bonds is 5. The van der Waals surface area contributed by atoms with E-state index < -0.39 is 0 Å². The van der Waals surface area contributed by atoms with Crippen LogP contribution in [0.2, 0.25) is 0 Å². The molecule has 1 aliphatic heterocycles. The van der Waals surface area contributed by atoms with Crippen LogP contribution < -0.4 is 5.32 Å². The largest absolute Gasteiger partial charge is 0.343 e. The monoisotopic (exact) mass is 241 g/mol. The number of amides is 2. The molecule has 1 aliphatic rings. The summed E-state index contributed by atoms with van der Waals surface area (Å²) in [5.41, 5.74) is 0. The van der Waals surface area contributed by atoms with E-state index >= 15 is 0 Å². The van der Waals surface area contributed by atoms with Gasteiger partial charge in [0.15, 0.2) is 0 Å². The van der Waals surface area contributed by atoms with Gasteiger partial charge in [0.1, 0.15) is 12.1 Å². The number of nitrogens with one attached hydrogen (secondary N) is 1. The number of hydrogen-bond donors (Lipinski definition) is 1. The minimum atomic E-state index is -0.385. The van der Waals surface area contributed by atoms with Crippen LogP contribution in [0, 0.1) is 0 Å². The SMILES string of the molecule is CCC1C(=O)NC(C)C(=O)N1CCCN(C)C. The summed E-state index contributed by atoms with van der Waals surface area (Å²) < 4.78 is 0. The molecule has 0 aliphatic carbocycles. The summed E-state index contributed by atoms with van der Waals surface area (Å²) >= 11 is 0. The van der Waals surface area contributed by atoms with Crippen molar-refractivity contribution in [1.29, 1.82) is 0 Å². The molecule has 5 nitrogen and oxygen atoms in total. The second-order valence-electron chi connectivity index (χ2n) is 4.84. The Balaban J connectivity index is 2.62. The fourth-order valence-electron chi connectivity index (χ4n) is 2.14. The number of hydrogen-bond acceptors (Lipinski definition) is 3. The Kier molecular flexibility index (Phi) is 4.93. The first-order valence-corrected chi connectivity index (χ1v) is 6.23. The van der Waals surface area contributed by atoms with Gasteiger partial charge in [0.2, 0.25) is 11.8 Å². The van der Waals surface area contributed by atoms with Crippen LogP contribution in [-0.4, -0.2) is 60.9 Å². The number of carbonyl (C=O) groups is 2. The highest BCUT2D eigenvalue weighted by Gasteiger charge is 2.36. The zero-order chi connectivity index (χ0) is 13.0. The summed E-state index contributed by atoms with van der Waals surface area (Å²) in [4.78, 5) is 27.6. The van der Waals surface area contributed by atoms with Crippen molar-refractivity contribution >= 4 is 11.8 Å². The molecule has 17 heavy (non-hydrogen) atoms. The average molecular weight is 241 g/mol. The van der Waals surface area contributed by atoms with E-state index in [1.165, 1.54) is 0 Å². The van der Waals surface area contributed by atoms with Crippen molar-refractivity contribution in [3.63, 3.8) is 0 Å². The Morgan fingerprint density at radius 3 is 2.53 bits per heavy atom. The molecule has 5 heteroatoms. The molecule has 98 valence electrons. The molecule has 2 atom stereocenters. The van der Waals surface area contributed by atoms with Crippen LogP contribution in [0.5, 0.6) is 0 Å². The Morgan fingerprint density at radius 2 is 2.00 bits per heavy atom. The molecule has 1 N–H and O–H groups in total. The molecule has 1 fully saturated rings. The molecule has 0 aromatic rings. The highest BCUT2D eigenvalue weighted by molar-refractivity contribution is 5.96. The van der Waals surface area contributed by atoms with E-state index in [1.807, 2.05) is 21.0 Å². The fraction of sp³-hybridized carbons (Fsp3) is 0.833. The molecule has 2 unspecified atom stereocenters. The van der Waals surface area contributed by atoms with Crippen LogP contribution >= 0.6 is 0 Å². The quantitative estimate of drug-likeness (QED) is 0.741. The molecule has 0 saturated carbocycles. The van der Waals surface area contributed by atoms with Gasteiger partial charge in [-0.3, -0.25) is 9.59 Å². The van der Waals surface area contributed by atoms with Crippen LogP contribution in [0.25, 0.3) is 0 Å². The molecular weight excluding hydrogens is 218 g/mol. The summed E-state index contributed by atoms with van der Waals surface area (Å²) in [5, 5.41) is 2.72. The number of nitrogens with zero attached hydrogens (tertiary/aromatic N) is 2. The summed E-state index contributed by atoms with van der Waals surface area (Å²) in [5.74, 6) is 0.0136. The predicted molar refractivity (Wildman–Crippen MR) is 66.6 cm³/mol. The van der Waals surface area contributed by atoms with E-state index in [-0.39, 0.29) is 23.9 Å². The van der Waals surface area contributed by atoms with Crippen molar-refractivity contribution in [2.45, 2.75) is 38.8 Å². The molecule has 0 radical (unpaired) electrons. The Morgan fingerprint density at radius 1 is 1.35 bits per heavy atom. The summed E-state index contributed by atoms with van der Waals surface area (Å²) in [7, 11) is 4.01. The minimum Gasteiger partial charge on any atom is -0.343 e. The van der Waals surface area contributed by atoms with Crippen molar-refractivity contribution < 1.29 is 9.59 Å². The third-order valence-corrected chi connectivity index (χ3v) is 3.08. The van der Waals surface area contributed by atoms with Gasteiger partial charge in [0, 0.05) is 6.54 Å². The van der Waals surface area contributed by atoms with E-state index in [0.29, 0.717) is 13.0 Å². The molecule has 2 amide bonds. The molecule has 1 heterocycles. The van der Waals surface area contributed by atoms with Crippen molar-refractivity contribution in [3.05, 3.63) is 0 Å². The Hall–Kier alpha value is -1.10. The topological polar surface area (TPSA) is 52.7 Å². The van der Waals surface area contributed by atoms with Gasteiger partial charge < -0.3 is 15.1 Å². The first-order chi connectivity index (χ1) is 7.97. The van der Waals surface area contributed by atoms with Gasteiger partial charge in [-0.25, -0.2) is 0 Å². The number of piperazine rings is 1. The predicted octanol–water partition coefficient (Wildman–Crippen LogP) is 0.0636. The summed E-state index contributed by atoms with van der Waals surface area (Å²) in [6.45, 7) is 5.26. The average Bonchev–Trinajstić information content (AvgIpc) is 2.24. The van der Waals surface area contributed by atoms with Gasteiger partial charge in [-0.2, -0.15) is 0 Å². The molecule has 0 aromatic heterocycles. The molecule has 0 aromatic carbocycles. The van der Waals surface area contributed by atoms with E-state index in [1.54, 1.807) is 11.8 Å². The zero-order valence-corrected chi connectivity index (χ0v) is 11.2. The van der Waals surface area contributed by atoms with Crippen molar-refractivity contribution in [3.8, 4) is 0 Å². The third-order valence-electron chi connectivity index (χ3n) is 3.08. The summed E-state index contributed by atoms with van der Waals surface area (Å²) in [6.07, 6.45) is 1.57. The van der Waals surface area contributed by atoms with Gasteiger partial charge in [-0.1, -0.05) is 6.92 Å². The van der Waals surface area contributed by atoms with Crippen molar-refractivity contribution in [2.75, 3.05) is 27.2 Å². The first-order valence-electron chi connectivity index (χ1n) is 6.23. The van der Waals surface area contributed by atoms with Crippen LogP contribution in [0.1, 0.15) is 26.7 Å². The lowest BCUT2D eigenvalue weighted by Gasteiger charge is -2.37. The van der Waals surface area contributed by atoms with Crippen LogP contribution in [0.15, 0.2) is 0 Å². The first kappa shape index (κ1) is 14.0. The van der Waals surface area contributed by atoms with Gasteiger partial charge in [0.05, 0.1) is 0 Å². The summed E-state index contributed by atoms with van der Waals surface area (Å²) in [6, 6.07) is -0.675. The molecule has 0 spiro atoms. The fourth-order valence-corrected chi connectivity index (χ4v) is 2.14. The van der Waals surface area contributed by atoms with E-state index in [9.17, 15) is 9.59 Å². The molecular formula is C12H23N3O2. The van der Waals surface area contributed by atoms with Gasteiger partial charge >= 0.3 is 0 Å². The van der Waals surface area contributed by atoms with Gasteiger partial charge in [-0.05, 0) is 40.4 Å². The Labute approximate surface area is 103 Å². The van der Waals surface area contributed by atoms with Gasteiger partial charge in [-0.15, -0.1) is 0 Å². The number of carbonyl (C=O) groups excluding carboxylic acids is 2. The van der Waals surface area contributed by atoms with E-state index in [4.69, 9.17) is 0 Å². The highest BCUT2D eigenvalue weighted by atomic mass is 16.2.